The molecular weight excluding hydrogens is 553 g/mol. The molecule has 0 N–H and O–H groups in total. The summed E-state index contributed by atoms with van der Waals surface area (Å²) in [5.74, 6) is -1.09. The second-order valence-corrected chi connectivity index (χ2v) is 11.3. The van der Waals surface area contributed by atoms with E-state index in [0.717, 1.165) is 28.7 Å². The molecule has 43 heavy (non-hydrogen) atoms. The first-order valence-corrected chi connectivity index (χ1v) is 13.8. The highest BCUT2D eigenvalue weighted by Crippen LogP contribution is 2.32. The van der Waals surface area contributed by atoms with Crippen molar-refractivity contribution in [1.29, 1.82) is 5.26 Å². The standard InChI is InChI=1S/C34H31F3N4O2/c1-34(2,3)25-7-5-9-30-33(25)40-31(41(30)13-14-42-4)17-23-16-28(37)24(18-27(23)36)29-8-6-10-32(39-29)43-20-22-12-11-21(19-38)15-26(22)35/h5-12,15-16,18H,13-14,17,20H2,1-4H3. The first-order valence-electron chi connectivity index (χ1n) is 13.8. The summed E-state index contributed by atoms with van der Waals surface area (Å²) in [4.78, 5) is 9.21. The van der Waals surface area contributed by atoms with Crippen LogP contribution in [0.1, 0.15) is 48.8 Å². The maximum atomic E-state index is 15.5. The molecule has 2 heterocycles. The first kappa shape index (κ1) is 29.8. The number of fused-ring (bicyclic) bond motifs is 1. The van der Waals surface area contributed by atoms with E-state index in [1.54, 1.807) is 25.3 Å². The number of pyridine rings is 1. The second kappa shape index (κ2) is 12.3. The van der Waals surface area contributed by atoms with E-state index in [1.807, 2.05) is 28.8 Å². The zero-order valence-corrected chi connectivity index (χ0v) is 24.4. The number of aromatic nitrogens is 3. The van der Waals surface area contributed by atoms with Gasteiger partial charge >= 0.3 is 0 Å². The van der Waals surface area contributed by atoms with Crippen molar-refractivity contribution in [3.8, 4) is 23.2 Å². The lowest BCUT2D eigenvalue weighted by atomic mass is 9.86. The van der Waals surface area contributed by atoms with Crippen LogP contribution in [0.3, 0.4) is 0 Å². The molecule has 0 bridgehead atoms. The van der Waals surface area contributed by atoms with Crippen LogP contribution in [0.25, 0.3) is 22.3 Å². The average Bonchev–Trinajstić information content (AvgIpc) is 3.33. The molecule has 0 atom stereocenters. The zero-order chi connectivity index (χ0) is 30.7. The highest BCUT2D eigenvalue weighted by atomic mass is 19.1. The van der Waals surface area contributed by atoms with Crippen LogP contribution >= 0.6 is 0 Å². The lowest BCUT2D eigenvalue weighted by Gasteiger charge is -2.19. The molecule has 5 rings (SSSR count). The van der Waals surface area contributed by atoms with Gasteiger partial charge in [0.25, 0.3) is 0 Å². The topological polar surface area (TPSA) is 73.0 Å². The highest BCUT2D eigenvalue weighted by Gasteiger charge is 2.22. The Morgan fingerprint density at radius 1 is 0.884 bits per heavy atom. The van der Waals surface area contributed by atoms with Crippen molar-refractivity contribution in [3.05, 3.63) is 112 Å². The van der Waals surface area contributed by atoms with Crippen molar-refractivity contribution in [2.24, 2.45) is 0 Å². The number of hydrogen-bond acceptors (Lipinski definition) is 5. The van der Waals surface area contributed by atoms with Crippen LogP contribution in [0, 0.1) is 28.8 Å². The number of hydrogen-bond donors (Lipinski definition) is 0. The number of ether oxygens (including phenoxy) is 2. The number of nitrogens with zero attached hydrogens (tertiary/aromatic N) is 4. The molecule has 3 aromatic carbocycles. The highest BCUT2D eigenvalue weighted by molar-refractivity contribution is 5.81. The Bertz CT molecular complexity index is 1840. The molecule has 9 heteroatoms. The van der Waals surface area contributed by atoms with E-state index in [9.17, 15) is 4.39 Å². The Morgan fingerprint density at radius 3 is 2.37 bits per heavy atom. The van der Waals surface area contributed by atoms with Crippen LogP contribution in [0.4, 0.5) is 13.2 Å². The van der Waals surface area contributed by atoms with E-state index < -0.39 is 17.5 Å². The fraction of sp³-hybridized carbons (Fsp3) is 0.265. The first-order chi connectivity index (χ1) is 20.6. The van der Waals surface area contributed by atoms with Gasteiger partial charge in [-0.05, 0) is 52.9 Å². The molecule has 0 fully saturated rings. The normalized spacial score (nSPS) is 11.6. The smallest absolute Gasteiger partial charge is 0.214 e. The van der Waals surface area contributed by atoms with Crippen molar-refractivity contribution < 1.29 is 22.6 Å². The van der Waals surface area contributed by atoms with Gasteiger partial charge in [0.15, 0.2) is 0 Å². The van der Waals surface area contributed by atoms with Gasteiger partial charge in [-0.25, -0.2) is 23.1 Å². The molecule has 0 aliphatic carbocycles. The Balaban J connectivity index is 1.43. The van der Waals surface area contributed by atoms with Gasteiger partial charge < -0.3 is 14.0 Å². The predicted octanol–water partition coefficient (Wildman–Crippen LogP) is 7.50. The van der Waals surface area contributed by atoms with Crippen molar-refractivity contribution in [2.45, 2.75) is 45.8 Å². The third-order valence-corrected chi connectivity index (χ3v) is 7.23. The van der Waals surface area contributed by atoms with E-state index in [1.165, 1.54) is 18.2 Å². The number of para-hydroxylation sites is 1. The summed E-state index contributed by atoms with van der Waals surface area (Å²) in [5, 5.41) is 8.92. The van der Waals surface area contributed by atoms with Gasteiger partial charge in [-0.2, -0.15) is 5.26 Å². The largest absolute Gasteiger partial charge is 0.473 e. The van der Waals surface area contributed by atoms with Crippen LogP contribution in [-0.4, -0.2) is 28.3 Å². The maximum Gasteiger partial charge on any atom is 0.214 e. The summed E-state index contributed by atoms with van der Waals surface area (Å²) < 4.78 is 58.2. The monoisotopic (exact) mass is 584 g/mol. The molecule has 0 aliphatic heterocycles. The van der Waals surface area contributed by atoms with E-state index in [0.29, 0.717) is 19.0 Å². The molecule has 0 spiro atoms. The van der Waals surface area contributed by atoms with Crippen molar-refractivity contribution in [2.75, 3.05) is 13.7 Å². The molecule has 0 radical (unpaired) electrons. The fourth-order valence-electron chi connectivity index (χ4n) is 4.99. The Hall–Kier alpha value is -4.68. The number of nitriles is 1. The predicted molar refractivity (Wildman–Crippen MR) is 158 cm³/mol. The van der Waals surface area contributed by atoms with Crippen molar-refractivity contribution in [1.82, 2.24) is 14.5 Å². The summed E-state index contributed by atoms with van der Waals surface area (Å²) in [6, 6.07) is 18.9. The number of methoxy groups -OCH3 is 1. The van der Waals surface area contributed by atoms with Crippen molar-refractivity contribution >= 4 is 11.0 Å². The van der Waals surface area contributed by atoms with Gasteiger partial charge in [-0.15, -0.1) is 0 Å². The summed E-state index contributed by atoms with van der Waals surface area (Å²) in [5.41, 5.74) is 3.40. The van der Waals surface area contributed by atoms with E-state index in [4.69, 9.17) is 19.7 Å². The van der Waals surface area contributed by atoms with E-state index >= 15 is 8.78 Å². The van der Waals surface area contributed by atoms with Crippen LogP contribution in [0.15, 0.2) is 66.7 Å². The van der Waals surface area contributed by atoms with Crippen LogP contribution in [-0.2, 0) is 29.7 Å². The molecule has 0 saturated heterocycles. The Kier molecular flexibility index (Phi) is 8.51. The lowest BCUT2D eigenvalue weighted by Crippen LogP contribution is -2.12. The number of benzene rings is 3. The maximum absolute atomic E-state index is 15.5. The lowest BCUT2D eigenvalue weighted by molar-refractivity contribution is 0.187. The summed E-state index contributed by atoms with van der Waals surface area (Å²) in [7, 11) is 1.62. The molecule has 220 valence electrons. The number of halogens is 3. The van der Waals surface area contributed by atoms with Gasteiger partial charge in [-0.1, -0.05) is 45.0 Å². The van der Waals surface area contributed by atoms with Gasteiger partial charge in [-0.3, -0.25) is 0 Å². The van der Waals surface area contributed by atoms with Gasteiger partial charge in [0, 0.05) is 37.3 Å². The number of imidazole rings is 1. The van der Waals surface area contributed by atoms with Crippen LogP contribution in [0.5, 0.6) is 5.88 Å². The minimum atomic E-state index is -0.644. The Morgan fingerprint density at radius 2 is 1.65 bits per heavy atom. The minimum Gasteiger partial charge on any atom is -0.473 e. The van der Waals surface area contributed by atoms with Crippen LogP contribution in [0.2, 0.25) is 0 Å². The van der Waals surface area contributed by atoms with Gasteiger partial charge in [0.1, 0.15) is 29.9 Å². The molecule has 5 aromatic rings. The Labute approximate surface area is 248 Å². The molecule has 6 nitrogen and oxygen atoms in total. The second-order valence-electron chi connectivity index (χ2n) is 11.3. The molecule has 0 amide bonds. The summed E-state index contributed by atoms with van der Waals surface area (Å²) in [6.45, 7) is 7.15. The summed E-state index contributed by atoms with van der Waals surface area (Å²) in [6.07, 6.45) is 0.0811. The fourth-order valence-corrected chi connectivity index (χ4v) is 4.99. The third kappa shape index (κ3) is 6.40. The SMILES string of the molecule is COCCn1c(Cc2cc(F)c(-c3cccc(OCc4ccc(C#N)cc4F)n3)cc2F)nc2c(C(C)(C)C)cccc21. The third-order valence-electron chi connectivity index (χ3n) is 7.23. The van der Waals surface area contributed by atoms with E-state index in [-0.39, 0.29) is 52.3 Å². The van der Waals surface area contributed by atoms with E-state index in [2.05, 4.69) is 25.8 Å². The average molecular weight is 585 g/mol. The molecule has 0 saturated carbocycles. The van der Waals surface area contributed by atoms with Crippen LogP contribution < -0.4 is 4.74 Å². The zero-order valence-electron chi connectivity index (χ0n) is 24.4. The van der Waals surface area contributed by atoms with Gasteiger partial charge in [0.05, 0.1) is 35.0 Å². The van der Waals surface area contributed by atoms with Crippen molar-refractivity contribution in [3.63, 3.8) is 0 Å². The molecule has 2 aromatic heterocycles. The minimum absolute atomic E-state index is 0.0286. The summed E-state index contributed by atoms with van der Waals surface area (Å²) >= 11 is 0. The van der Waals surface area contributed by atoms with Gasteiger partial charge in [0.2, 0.25) is 5.88 Å². The molecular formula is C34H31F3N4O2. The molecule has 0 aliphatic rings. The number of rotatable bonds is 9. The quantitative estimate of drug-likeness (QED) is 0.179. The molecule has 0 unspecified atom stereocenters.